The lowest BCUT2D eigenvalue weighted by Gasteiger charge is -2.44. The van der Waals surface area contributed by atoms with Crippen LogP contribution < -0.4 is 4.74 Å². The quantitative estimate of drug-likeness (QED) is 0.274. The molecule has 34 heavy (non-hydrogen) atoms. The first-order valence-electron chi connectivity index (χ1n) is 10.7. The second-order valence-electron chi connectivity index (χ2n) is 8.87. The topological polar surface area (TPSA) is 116 Å². The summed E-state index contributed by atoms with van der Waals surface area (Å²) in [6, 6.07) is 11.0. The van der Waals surface area contributed by atoms with Crippen molar-refractivity contribution in [2.24, 2.45) is 0 Å². The van der Waals surface area contributed by atoms with Gasteiger partial charge in [-0.2, -0.15) is 0 Å². The lowest BCUT2D eigenvalue weighted by molar-refractivity contribution is -0.166. The number of hydrogen-bond donors (Lipinski definition) is 0. The minimum Gasteiger partial charge on any atom is -0.614 e. The molecule has 3 amide bonds. The van der Waals surface area contributed by atoms with E-state index in [1.165, 1.54) is 17.0 Å². The molecule has 5 rings (SSSR count). The van der Waals surface area contributed by atoms with Crippen molar-refractivity contribution in [3.63, 3.8) is 0 Å². The maximum Gasteiger partial charge on any atom is 0.334 e. The maximum absolute atomic E-state index is 13.4. The third-order valence-corrected chi connectivity index (χ3v) is 8.78. The van der Waals surface area contributed by atoms with E-state index in [2.05, 4.69) is 0 Å². The molecule has 2 aromatic carbocycles. The Morgan fingerprint density at radius 2 is 1.62 bits per heavy atom. The molecule has 0 radical (unpaired) electrons. The average molecular weight is 483 g/mol. The molecular formula is C24H22N2O7S. The number of benzene rings is 2. The number of carbonyl (C=O) groups is 4. The number of methoxy groups -OCH3 is 1. The van der Waals surface area contributed by atoms with Crippen molar-refractivity contribution in [2.75, 3.05) is 7.11 Å². The van der Waals surface area contributed by atoms with Crippen molar-refractivity contribution in [1.82, 2.24) is 9.80 Å². The summed E-state index contributed by atoms with van der Waals surface area (Å²) in [5.41, 5.74) is 1.14. The van der Waals surface area contributed by atoms with Crippen LogP contribution in [0, 0.1) is 0 Å². The van der Waals surface area contributed by atoms with Crippen LogP contribution in [0.3, 0.4) is 0 Å². The van der Waals surface area contributed by atoms with Gasteiger partial charge >= 0.3 is 5.97 Å². The van der Waals surface area contributed by atoms with Gasteiger partial charge in [-0.1, -0.05) is 24.3 Å². The molecule has 0 N–H and O–H groups in total. The van der Waals surface area contributed by atoms with Gasteiger partial charge in [0.05, 0.1) is 18.2 Å². The maximum atomic E-state index is 13.4. The molecule has 3 heterocycles. The fraction of sp³-hybridized carbons (Fsp3) is 0.333. The molecule has 2 fully saturated rings. The Bertz CT molecular complexity index is 1180. The second kappa shape index (κ2) is 7.85. The van der Waals surface area contributed by atoms with Crippen molar-refractivity contribution in [1.29, 1.82) is 0 Å². The van der Waals surface area contributed by atoms with Crippen LogP contribution in [-0.2, 0) is 32.1 Å². The summed E-state index contributed by atoms with van der Waals surface area (Å²) < 4.78 is 22.8. The van der Waals surface area contributed by atoms with Crippen LogP contribution in [0.4, 0.5) is 0 Å². The molecule has 0 spiro atoms. The van der Waals surface area contributed by atoms with Crippen molar-refractivity contribution in [3.8, 4) is 5.75 Å². The highest BCUT2D eigenvalue weighted by atomic mass is 32.2. The Labute approximate surface area is 198 Å². The van der Waals surface area contributed by atoms with Crippen LogP contribution in [0.15, 0.2) is 48.5 Å². The smallest absolute Gasteiger partial charge is 0.334 e. The third-order valence-electron chi connectivity index (χ3n) is 6.59. The number of nitrogens with zero attached hydrogens (tertiary/aromatic N) is 2. The number of carbonyl (C=O) groups excluding carboxylic acids is 4. The molecular weight excluding hydrogens is 460 g/mol. The van der Waals surface area contributed by atoms with E-state index in [1.807, 2.05) is 0 Å². The molecule has 0 bridgehead atoms. The molecule has 176 valence electrons. The molecule has 0 aliphatic carbocycles. The summed E-state index contributed by atoms with van der Waals surface area (Å²) in [5.74, 6) is -1.82. The molecule has 3 aliphatic rings. The largest absolute Gasteiger partial charge is 0.614 e. The minimum atomic E-state index is -1.72. The number of rotatable bonds is 5. The highest BCUT2D eigenvalue weighted by Crippen LogP contribution is 2.49. The van der Waals surface area contributed by atoms with Gasteiger partial charge in [-0.15, -0.1) is 0 Å². The number of ether oxygens (including phenoxy) is 2. The van der Waals surface area contributed by atoms with Gasteiger partial charge in [0, 0.05) is 0 Å². The molecule has 10 heteroatoms. The minimum absolute atomic E-state index is 0.0312. The summed E-state index contributed by atoms with van der Waals surface area (Å²) in [5, 5.41) is -0.969. The van der Waals surface area contributed by atoms with E-state index in [0.717, 1.165) is 10.5 Å². The third kappa shape index (κ3) is 3.05. The fourth-order valence-corrected chi connectivity index (χ4v) is 6.73. The SMILES string of the molecule is COc1ccc(COC(=O)C2N3C(=O)C(N4C(=O)c5ccccc5C4=O)[C@H]3[S+]([O-])C2(C)C)cc1. The molecule has 0 aromatic heterocycles. The Hall–Kier alpha value is -3.37. The monoisotopic (exact) mass is 482 g/mol. The Morgan fingerprint density at radius 1 is 1.03 bits per heavy atom. The Kier molecular flexibility index (Phi) is 5.18. The van der Waals surface area contributed by atoms with Crippen LogP contribution >= 0.6 is 0 Å². The van der Waals surface area contributed by atoms with E-state index in [9.17, 15) is 23.7 Å². The van der Waals surface area contributed by atoms with Gasteiger partial charge in [-0.3, -0.25) is 24.2 Å². The van der Waals surface area contributed by atoms with Crippen LogP contribution in [-0.4, -0.2) is 67.4 Å². The first-order valence-corrected chi connectivity index (χ1v) is 11.9. The van der Waals surface area contributed by atoms with Gasteiger partial charge in [-0.25, -0.2) is 4.79 Å². The van der Waals surface area contributed by atoms with Crippen LogP contribution in [0.25, 0.3) is 0 Å². The number of β-lactam (4-membered cyclic amide) rings is 1. The van der Waals surface area contributed by atoms with E-state index < -0.39 is 57.1 Å². The standard InChI is InChI=1S/C24H22N2O7S/c1-24(2)18(23(30)33-12-13-8-10-14(32-3)11-9-13)26-21(29)17(22(26)34(24)31)25-19(27)15-6-4-5-7-16(15)20(25)28/h4-11,17-18,22H,12H2,1-3H3/t17?,18?,22-,34?/m1/s1. The van der Waals surface area contributed by atoms with Crippen molar-refractivity contribution < 1.29 is 33.2 Å². The summed E-state index contributed by atoms with van der Waals surface area (Å²) in [6.45, 7) is 3.21. The number of hydrogen-bond acceptors (Lipinski definition) is 7. The lowest BCUT2D eigenvalue weighted by atomic mass is 9.95. The average Bonchev–Trinajstić information content (AvgIpc) is 3.19. The van der Waals surface area contributed by atoms with Crippen molar-refractivity contribution in [3.05, 3.63) is 65.2 Å². The fourth-order valence-electron chi connectivity index (χ4n) is 4.77. The number of fused-ring (bicyclic) bond motifs is 2. The molecule has 9 nitrogen and oxygen atoms in total. The molecule has 2 saturated heterocycles. The molecule has 3 unspecified atom stereocenters. The predicted molar refractivity (Wildman–Crippen MR) is 120 cm³/mol. The number of amides is 3. The molecule has 0 saturated carbocycles. The predicted octanol–water partition coefficient (Wildman–Crippen LogP) is 1.48. The Morgan fingerprint density at radius 3 is 2.18 bits per heavy atom. The summed E-state index contributed by atoms with van der Waals surface area (Å²) >= 11 is -1.72. The first kappa shape index (κ1) is 22.4. The van der Waals surface area contributed by atoms with Gasteiger partial charge in [0.2, 0.25) is 5.37 Å². The van der Waals surface area contributed by atoms with Crippen LogP contribution in [0.2, 0.25) is 0 Å². The lowest BCUT2D eigenvalue weighted by Crippen LogP contribution is -2.72. The number of esters is 1. The zero-order chi connectivity index (χ0) is 24.4. The molecule has 2 aromatic rings. The zero-order valence-electron chi connectivity index (χ0n) is 18.7. The zero-order valence-corrected chi connectivity index (χ0v) is 19.5. The van der Waals surface area contributed by atoms with Gasteiger partial charge in [-0.05, 0) is 54.9 Å². The van der Waals surface area contributed by atoms with Crippen molar-refractivity contribution >= 4 is 34.9 Å². The molecule has 4 atom stereocenters. The van der Waals surface area contributed by atoms with E-state index >= 15 is 0 Å². The van der Waals surface area contributed by atoms with Gasteiger partial charge in [0.15, 0.2) is 16.8 Å². The van der Waals surface area contributed by atoms with Crippen LogP contribution in [0.1, 0.15) is 40.1 Å². The highest BCUT2D eigenvalue weighted by molar-refractivity contribution is 7.94. The van der Waals surface area contributed by atoms with Crippen LogP contribution in [0.5, 0.6) is 5.75 Å². The van der Waals surface area contributed by atoms with Gasteiger partial charge in [0.1, 0.15) is 12.4 Å². The summed E-state index contributed by atoms with van der Waals surface area (Å²) in [6.07, 6.45) is 0. The first-order chi connectivity index (χ1) is 16.2. The van der Waals surface area contributed by atoms with Gasteiger partial charge in [0.25, 0.3) is 17.7 Å². The summed E-state index contributed by atoms with van der Waals surface area (Å²) in [4.78, 5) is 54.1. The van der Waals surface area contributed by atoms with Crippen molar-refractivity contribution in [2.45, 2.75) is 42.7 Å². The summed E-state index contributed by atoms with van der Waals surface area (Å²) in [7, 11) is 1.55. The van der Waals surface area contributed by atoms with E-state index in [0.29, 0.717) is 5.75 Å². The number of imide groups is 1. The highest BCUT2D eigenvalue weighted by Gasteiger charge is 2.75. The normalized spacial score (nSPS) is 26.8. The Balaban J connectivity index is 1.36. The molecule has 3 aliphatic heterocycles. The van der Waals surface area contributed by atoms with Gasteiger partial charge < -0.3 is 14.0 Å². The van der Waals surface area contributed by atoms with E-state index in [-0.39, 0.29) is 17.7 Å². The van der Waals surface area contributed by atoms with E-state index in [4.69, 9.17) is 9.47 Å². The van der Waals surface area contributed by atoms with E-state index in [1.54, 1.807) is 57.4 Å². The second-order valence-corrected chi connectivity index (χ2v) is 11.0.